The van der Waals surface area contributed by atoms with Gasteiger partial charge >= 0.3 is 5.97 Å². The second-order valence-corrected chi connectivity index (χ2v) is 9.14. The molecule has 6 heteroatoms. The summed E-state index contributed by atoms with van der Waals surface area (Å²) in [5.41, 5.74) is 2.69. The predicted octanol–water partition coefficient (Wildman–Crippen LogP) is 4.61. The zero-order chi connectivity index (χ0) is 23.7. The lowest BCUT2D eigenvalue weighted by Gasteiger charge is -2.24. The average molecular weight is 448 g/mol. The molecule has 3 aromatic rings. The number of H-pyrrole nitrogens is 1. The number of aromatic amines is 1. The van der Waals surface area contributed by atoms with E-state index in [9.17, 15) is 9.59 Å². The van der Waals surface area contributed by atoms with Crippen LogP contribution in [0.25, 0.3) is 0 Å². The van der Waals surface area contributed by atoms with E-state index >= 15 is 0 Å². The number of amides is 1. The van der Waals surface area contributed by atoms with Gasteiger partial charge in [0.15, 0.2) is 5.82 Å². The van der Waals surface area contributed by atoms with Crippen LogP contribution in [0.15, 0.2) is 66.9 Å². The minimum Gasteiger partial charge on any atom is -0.459 e. The highest BCUT2D eigenvalue weighted by atomic mass is 16.6. The lowest BCUT2D eigenvalue weighted by atomic mass is 10.1. The number of aromatic nitrogens is 2. The smallest absolute Gasteiger partial charge is 0.326 e. The van der Waals surface area contributed by atoms with Crippen molar-refractivity contribution in [1.82, 2.24) is 14.9 Å². The fourth-order valence-corrected chi connectivity index (χ4v) is 3.56. The van der Waals surface area contributed by atoms with Gasteiger partial charge in [-0.3, -0.25) is 9.59 Å². The summed E-state index contributed by atoms with van der Waals surface area (Å²) < 4.78 is 5.44. The van der Waals surface area contributed by atoms with Crippen LogP contribution in [-0.2, 0) is 28.8 Å². The van der Waals surface area contributed by atoms with Crippen molar-refractivity contribution < 1.29 is 14.3 Å². The third kappa shape index (κ3) is 8.22. The molecule has 1 heterocycles. The van der Waals surface area contributed by atoms with Crippen LogP contribution < -0.4 is 0 Å². The summed E-state index contributed by atoms with van der Waals surface area (Å²) in [7, 11) is 0. The van der Waals surface area contributed by atoms with Crippen molar-refractivity contribution in [3.63, 3.8) is 0 Å². The topological polar surface area (TPSA) is 75.3 Å². The summed E-state index contributed by atoms with van der Waals surface area (Å²) in [6.07, 6.45) is 5.06. The van der Waals surface area contributed by atoms with Crippen LogP contribution in [0.2, 0.25) is 0 Å². The molecule has 1 aromatic heterocycles. The molecule has 0 bridgehead atoms. The van der Waals surface area contributed by atoms with Crippen molar-refractivity contribution in [3.8, 4) is 0 Å². The number of aryl methyl sites for hydroxylation is 2. The molecular formula is C27H33N3O3. The average Bonchev–Trinajstić information content (AvgIpc) is 3.25. The summed E-state index contributed by atoms with van der Waals surface area (Å²) in [5.74, 6) is -0.481. The molecule has 6 nitrogen and oxygen atoms in total. The second kappa shape index (κ2) is 11.5. The molecule has 0 fully saturated rings. The van der Waals surface area contributed by atoms with Gasteiger partial charge in [0.25, 0.3) is 5.91 Å². The molecule has 1 amide bonds. The molecule has 33 heavy (non-hydrogen) atoms. The van der Waals surface area contributed by atoms with E-state index < -0.39 is 11.6 Å². The summed E-state index contributed by atoms with van der Waals surface area (Å²) in [6.45, 7) is 5.72. The number of hydrogen-bond donors (Lipinski definition) is 1. The van der Waals surface area contributed by atoms with Crippen LogP contribution in [0.1, 0.15) is 54.6 Å². The first-order valence-electron chi connectivity index (χ1n) is 11.4. The number of rotatable bonds is 10. The van der Waals surface area contributed by atoms with Crippen molar-refractivity contribution in [2.24, 2.45) is 0 Å². The molecular weight excluding hydrogens is 414 g/mol. The maximum absolute atomic E-state index is 13.2. The number of hydrogen-bond acceptors (Lipinski definition) is 4. The molecule has 0 radical (unpaired) electrons. The molecule has 174 valence electrons. The van der Waals surface area contributed by atoms with Crippen LogP contribution in [0, 0.1) is 0 Å². The van der Waals surface area contributed by atoms with Crippen LogP contribution in [0.5, 0.6) is 0 Å². The van der Waals surface area contributed by atoms with E-state index in [0.29, 0.717) is 13.0 Å². The highest BCUT2D eigenvalue weighted by Gasteiger charge is 2.24. The Balaban J connectivity index is 1.63. The Morgan fingerprint density at radius 2 is 1.52 bits per heavy atom. The van der Waals surface area contributed by atoms with Crippen molar-refractivity contribution in [2.45, 2.75) is 52.1 Å². The van der Waals surface area contributed by atoms with Crippen LogP contribution in [0.4, 0.5) is 0 Å². The lowest BCUT2D eigenvalue weighted by molar-refractivity contribution is -0.155. The Morgan fingerprint density at radius 3 is 2.12 bits per heavy atom. The maximum Gasteiger partial charge on any atom is 0.326 e. The quantitative estimate of drug-likeness (QED) is 0.461. The Hall–Kier alpha value is -3.41. The van der Waals surface area contributed by atoms with E-state index in [4.69, 9.17) is 4.74 Å². The number of ether oxygens (including phenoxy) is 1. The molecule has 2 aromatic carbocycles. The van der Waals surface area contributed by atoms with Gasteiger partial charge in [0, 0.05) is 18.4 Å². The summed E-state index contributed by atoms with van der Waals surface area (Å²) in [4.78, 5) is 34.6. The largest absolute Gasteiger partial charge is 0.459 e. The van der Waals surface area contributed by atoms with E-state index in [1.807, 2.05) is 69.3 Å². The van der Waals surface area contributed by atoms with Crippen LogP contribution in [-0.4, -0.2) is 45.4 Å². The minimum absolute atomic E-state index is 0.118. The van der Waals surface area contributed by atoms with Gasteiger partial charge in [0.05, 0.1) is 0 Å². The maximum atomic E-state index is 13.2. The highest BCUT2D eigenvalue weighted by molar-refractivity contribution is 5.92. The Morgan fingerprint density at radius 1 is 0.909 bits per heavy atom. The van der Waals surface area contributed by atoms with Gasteiger partial charge in [-0.2, -0.15) is 0 Å². The fraction of sp³-hybridized carbons (Fsp3) is 0.370. The van der Waals surface area contributed by atoms with Gasteiger partial charge in [-0.15, -0.1) is 0 Å². The van der Waals surface area contributed by atoms with Gasteiger partial charge in [0.1, 0.15) is 12.1 Å². The molecule has 0 saturated heterocycles. The highest BCUT2D eigenvalue weighted by Crippen LogP contribution is 2.12. The number of nitrogens with zero attached hydrogens (tertiary/aromatic N) is 2. The first kappa shape index (κ1) is 24.2. The third-order valence-corrected chi connectivity index (χ3v) is 5.13. The molecule has 0 unspecified atom stereocenters. The Labute approximate surface area is 196 Å². The molecule has 0 aliphatic carbocycles. The number of carbonyl (C=O) groups excluding carboxylic acids is 2. The fourth-order valence-electron chi connectivity index (χ4n) is 3.56. The zero-order valence-electron chi connectivity index (χ0n) is 19.7. The lowest BCUT2D eigenvalue weighted by Crippen LogP contribution is -2.40. The SMILES string of the molecule is CC(C)(C)OC(=O)CN(CCc1ccccc1)C(=O)c1ncc(CCCc2ccccc2)[nH]1. The predicted molar refractivity (Wildman–Crippen MR) is 129 cm³/mol. The normalized spacial score (nSPS) is 11.2. The zero-order valence-corrected chi connectivity index (χ0v) is 19.7. The number of esters is 1. The molecule has 0 atom stereocenters. The molecule has 0 aliphatic heterocycles. The number of imidazole rings is 1. The Kier molecular flexibility index (Phi) is 8.41. The van der Waals surface area contributed by atoms with Crippen molar-refractivity contribution in [1.29, 1.82) is 0 Å². The van der Waals surface area contributed by atoms with Gasteiger partial charge in [-0.1, -0.05) is 60.7 Å². The number of nitrogens with one attached hydrogen (secondary N) is 1. The van der Waals surface area contributed by atoms with Crippen molar-refractivity contribution in [3.05, 3.63) is 89.5 Å². The molecule has 3 rings (SSSR count). The van der Waals surface area contributed by atoms with Gasteiger partial charge in [0.2, 0.25) is 0 Å². The van der Waals surface area contributed by atoms with E-state index in [-0.39, 0.29) is 18.3 Å². The summed E-state index contributed by atoms with van der Waals surface area (Å²) in [6, 6.07) is 20.2. The summed E-state index contributed by atoms with van der Waals surface area (Å²) >= 11 is 0. The molecule has 1 N–H and O–H groups in total. The number of carbonyl (C=O) groups is 2. The van der Waals surface area contributed by atoms with Gasteiger partial charge in [-0.05, 0) is 57.6 Å². The standard InChI is InChI=1S/C27H33N3O3/c1-27(2,3)33-24(31)20-30(18-17-22-13-8-5-9-14-22)26(32)25-28-19-23(29-25)16-10-15-21-11-6-4-7-12-21/h4-9,11-14,19H,10,15-18,20H2,1-3H3,(H,28,29). The van der Waals surface area contributed by atoms with Crippen LogP contribution >= 0.6 is 0 Å². The Bertz CT molecular complexity index is 1020. The third-order valence-electron chi connectivity index (χ3n) is 5.13. The van der Waals surface area contributed by atoms with E-state index in [0.717, 1.165) is 30.5 Å². The van der Waals surface area contributed by atoms with E-state index in [2.05, 4.69) is 22.1 Å². The molecule has 0 spiro atoms. The minimum atomic E-state index is -0.609. The molecule has 0 aliphatic rings. The van der Waals surface area contributed by atoms with E-state index in [1.165, 1.54) is 10.5 Å². The monoisotopic (exact) mass is 447 g/mol. The first-order chi connectivity index (χ1) is 15.8. The molecule has 0 saturated carbocycles. The van der Waals surface area contributed by atoms with Crippen LogP contribution in [0.3, 0.4) is 0 Å². The summed E-state index contributed by atoms with van der Waals surface area (Å²) in [5, 5.41) is 0. The van der Waals surface area contributed by atoms with Crippen molar-refractivity contribution >= 4 is 11.9 Å². The first-order valence-corrected chi connectivity index (χ1v) is 11.4. The second-order valence-electron chi connectivity index (χ2n) is 9.14. The van der Waals surface area contributed by atoms with E-state index in [1.54, 1.807) is 6.20 Å². The van der Waals surface area contributed by atoms with Crippen molar-refractivity contribution in [2.75, 3.05) is 13.1 Å². The van der Waals surface area contributed by atoms with Gasteiger partial charge < -0.3 is 14.6 Å². The van der Waals surface area contributed by atoms with Gasteiger partial charge in [-0.25, -0.2) is 4.98 Å². The number of benzene rings is 2.